The number of fused-ring (bicyclic) bond motifs is 1. The Kier molecular flexibility index (Phi) is 5.72. The van der Waals surface area contributed by atoms with Gasteiger partial charge in [0, 0.05) is 37.3 Å². The minimum Gasteiger partial charge on any atom is -0.337 e. The molecule has 0 unspecified atom stereocenters. The van der Waals surface area contributed by atoms with E-state index in [4.69, 9.17) is 0 Å². The molecule has 144 valence electrons. The maximum Gasteiger partial charge on any atom is 0.254 e. The van der Waals surface area contributed by atoms with E-state index in [-0.39, 0.29) is 5.91 Å². The molecule has 1 aromatic heterocycles. The summed E-state index contributed by atoms with van der Waals surface area (Å²) in [6.07, 6.45) is 8.07. The molecule has 1 aliphatic heterocycles. The molecule has 1 amide bonds. The maximum absolute atomic E-state index is 13.3. The molecule has 4 heteroatoms. The van der Waals surface area contributed by atoms with Gasteiger partial charge in [0.15, 0.2) is 0 Å². The van der Waals surface area contributed by atoms with Gasteiger partial charge in [-0.3, -0.25) is 9.78 Å². The molecule has 1 saturated heterocycles. The Morgan fingerprint density at radius 2 is 1.85 bits per heavy atom. The van der Waals surface area contributed by atoms with Crippen molar-refractivity contribution in [2.24, 2.45) is 5.92 Å². The zero-order valence-corrected chi connectivity index (χ0v) is 16.5. The van der Waals surface area contributed by atoms with Crippen molar-refractivity contribution >= 4 is 16.8 Å². The van der Waals surface area contributed by atoms with Gasteiger partial charge in [-0.15, -0.1) is 0 Å². The van der Waals surface area contributed by atoms with Gasteiger partial charge in [-0.1, -0.05) is 37.5 Å². The number of amides is 1. The van der Waals surface area contributed by atoms with E-state index in [9.17, 15) is 4.79 Å². The molecular weight excluding hydrogens is 334 g/mol. The van der Waals surface area contributed by atoms with E-state index in [1.54, 1.807) is 0 Å². The van der Waals surface area contributed by atoms with Gasteiger partial charge < -0.3 is 9.80 Å². The Morgan fingerprint density at radius 3 is 2.70 bits per heavy atom. The summed E-state index contributed by atoms with van der Waals surface area (Å²) in [5.41, 5.74) is 2.62. The molecule has 2 aliphatic rings. The van der Waals surface area contributed by atoms with Crippen LogP contribution in [-0.2, 0) is 0 Å². The normalized spacial score (nSPS) is 20.0. The summed E-state index contributed by atoms with van der Waals surface area (Å²) in [6.45, 7) is 7.01. The van der Waals surface area contributed by atoms with E-state index in [0.29, 0.717) is 0 Å². The average molecular weight is 366 g/mol. The third kappa shape index (κ3) is 4.32. The molecule has 1 aliphatic carbocycles. The van der Waals surface area contributed by atoms with Crippen LogP contribution in [0.4, 0.5) is 0 Å². The zero-order valence-electron chi connectivity index (χ0n) is 16.5. The number of aryl methyl sites for hydroxylation is 1. The van der Waals surface area contributed by atoms with E-state index < -0.39 is 0 Å². The number of rotatable bonds is 3. The number of benzene rings is 1. The zero-order chi connectivity index (χ0) is 18.6. The van der Waals surface area contributed by atoms with Crippen LogP contribution in [0.1, 0.15) is 54.6 Å². The van der Waals surface area contributed by atoms with Crippen LogP contribution >= 0.6 is 0 Å². The highest BCUT2D eigenvalue weighted by atomic mass is 16.2. The first-order valence-electron chi connectivity index (χ1n) is 10.6. The minimum atomic E-state index is 0.163. The second-order valence-corrected chi connectivity index (χ2v) is 8.28. The molecule has 1 aromatic carbocycles. The topological polar surface area (TPSA) is 36.4 Å². The predicted octanol–water partition coefficient (Wildman–Crippen LogP) is 4.27. The molecule has 0 radical (unpaired) electrons. The highest BCUT2D eigenvalue weighted by Gasteiger charge is 2.24. The van der Waals surface area contributed by atoms with Crippen LogP contribution in [0.25, 0.3) is 10.9 Å². The summed E-state index contributed by atoms with van der Waals surface area (Å²) in [6, 6.07) is 9.94. The fourth-order valence-corrected chi connectivity index (χ4v) is 4.75. The molecule has 0 bridgehead atoms. The number of nitrogens with zero attached hydrogens (tertiary/aromatic N) is 3. The number of para-hydroxylation sites is 1. The van der Waals surface area contributed by atoms with Gasteiger partial charge in [-0.25, -0.2) is 0 Å². The van der Waals surface area contributed by atoms with Crippen LogP contribution in [0.3, 0.4) is 0 Å². The second-order valence-electron chi connectivity index (χ2n) is 8.28. The lowest BCUT2D eigenvalue weighted by Gasteiger charge is -2.29. The predicted molar refractivity (Wildman–Crippen MR) is 110 cm³/mol. The van der Waals surface area contributed by atoms with E-state index in [1.807, 2.05) is 37.3 Å². The molecule has 0 atom stereocenters. The number of hydrogen-bond acceptors (Lipinski definition) is 3. The fourth-order valence-electron chi connectivity index (χ4n) is 4.75. The maximum atomic E-state index is 13.3. The van der Waals surface area contributed by atoms with Crippen molar-refractivity contribution in [3.8, 4) is 0 Å². The monoisotopic (exact) mass is 365 g/mol. The summed E-state index contributed by atoms with van der Waals surface area (Å²) >= 11 is 0. The molecule has 0 N–H and O–H groups in total. The molecule has 4 nitrogen and oxygen atoms in total. The lowest BCUT2D eigenvalue weighted by atomic mass is 9.89. The van der Waals surface area contributed by atoms with Crippen molar-refractivity contribution in [2.75, 3.05) is 32.7 Å². The van der Waals surface area contributed by atoms with Gasteiger partial charge in [0.25, 0.3) is 5.91 Å². The molecule has 4 rings (SSSR count). The molecule has 2 heterocycles. The Morgan fingerprint density at radius 1 is 1.04 bits per heavy atom. The lowest BCUT2D eigenvalue weighted by Crippen LogP contribution is -2.37. The van der Waals surface area contributed by atoms with Crippen molar-refractivity contribution < 1.29 is 4.79 Å². The van der Waals surface area contributed by atoms with E-state index >= 15 is 0 Å². The molecular formula is C23H31N3O. The number of pyridine rings is 1. The van der Waals surface area contributed by atoms with Gasteiger partial charge in [0.1, 0.15) is 0 Å². The molecule has 1 saturated carbocycles. The van der Waals surface area contributed by atoms with Gasteiger partial charge in [0.05, 0.1) is 11.1 Å². The second kappa shape index (κ2) is 8.39. The van der Waals surface area contributed by atoms with Gasteiger partial charge in [-0.2, -0.15) is 0 Å². The van der Waals surface area contributed by atoms with Crippen molar-refractivity contribution in [3.63, 3.8) is 0 Å². The van der Waals surface area contributed by atoms with E-state index in [0.717, 1.165) is 60.7 Å². The van der Waals surface area contributed by atoms with E-state index in [1.165, 1.54) is 38.6 Å². The summed E-state index contributed by atoms with van der Waals surface area (Å²) in [4.78, 5) is 22.5. The largest absolute Gasteiger partial charge is 0.337 e. The van der Waals surface area contributed by atoms with Crippen molar-refractivity contribution in [2.45, 2.75) is 45.4 Å². The van der Waals surface area contributed by atoms with Crippen LogP contribution < -0.4 is 0 Å². The quantitative estimate of drug-likeness (QED) is 0.815. The Labute approximate surface area is 162 Å². The summed E-state index contributed by atoms with van der Waals surface area (Å²) < 4.78 is 0. The lowest BCUT2D eigenvalue weighted by molar-refractivity contribution is 0.0761. The van der Waals surface area contributed by atoms with Crippen LogP contribution in [0.5, 0.6) is 0 Å². The van der Waals surface area contributed by atoms with E-state index in [2.05, 4.69) is 14.8 Å². The average Bonchev–Trinajstić information content (AvgIpc) is 2.93. The van der Waals surface area contributed by atoms with Crippen LogP contribution in [0.15, 0.2) is 30.3 Å². The first-order chi connectivity index (χ1) is 13.2. The Bertz CT molecular complexity index is 797. The summed E-state index contributed by atoms with van der Waals surface area (Å²) in [5, 5.41) is 0.969. The first kappa shape index (κ1) is 18.4. The smallest absolute Gasteiger partial charge is 0.254 e. The highest BCUT2D eigenvalue weighted by Crippen LogP contribution is 2.25. The third-order valence-electron chi connectivity index (χ3n) is 6.19. The van der Waals surface area contributed by atoms with Crippen molar-refractivity contribution in [3.05, 3.63) is 41.6 Å². The van der Waals surface area contributed by atoms with Crippen LogP contribution in [0, 0.1) is 12.8 Å². The molecule has 27 heavy (non-hydrogen) atoms. The van der Waals surface area contributed by atoms with Gasteiger partial charge in [0.2, 0.25) is 0 Å². The third-order valence-corrected chi connectivity index (χ3v) is 6.19. The van der Waals surface area contributed by atoms with Crippen LogP contribution in [-0.4, -0.2) is 53.4 Å². The molecule has 2 aromatic rings. The van der Waals surface area contributed by atoms with Crippen LogP contribution in [0.2, 0.25) is 0 Å². The number of carbonyl (C=O) groups is 1. The summed E-state index contributed by atoms with van der Waals surface area (Å²) in [5.74, 6) is 1.03. The SMILES string of the molecule is Cc1cc(C(=O)N2CCCN(CC3CCCCC3)CC2)c2ccccc2n1. The van der Waals surface area contributed by atoms with Crippen molar-refractivity contribution in [1.29, 1.82) is 0 Å². The Balaban J connectivity index is 1.45. The minimum absolute atomic E-state index is 0.163. The van der Waals surface area contributed by atoms with Gasteiger partial charge in [-0.05, 0) is 50.8 Å². The molecule has 2 fully saturated rings. The molecule has 0 spiro atoms. The fraction of sp³-hybridized carbons (Fsp3) is 0.565. The number of aromatic nitrogens is 1. The van der Waals surface area contributed by atoms with Crippen molar-refractivity contribution in [1.82, 2.24) is 14.8 Å². The first-order valence-corrected chi connectivity index (χ1v) is 10.6. The number of hydrogen-bond donors (Lipinski definition) is 0. The highest BCUT2D eigenvalue weighted by molar-refractivity contribution is 6.06. The Hall–Kier alpha value is -1.94. The number of carbonyl (C=O) groups excluding carboxylic acids is 1. The van der Waals surface area contributed by atoms with Gasteiger partial charge >= 0.3 is 0 Å². The summed E-state index contributed by atoms with van der Waals surface area (Å²) in [7, 11) is 0. The standard InChI is InChI=1S/C23H31N3O/c1-18-16-21(20-10-5-6-11-22(20)24-18)23(27)26-13-7-12-25(14-15-26)17-19-8-3-2-4-9-19/h5-6,10-11,16,19H,2-4,7-9,12-15,17H2,1H3.